The number of ether oxygens (including phenoxy) is 2. The first-order chi connectivity index (χ1) is 13.3. The molecule has 0 N–H and O–H groups in total. The second-order valence-electron chi connectivity index (χ2n) is 9.72. The molecule has 2 rings (SSSR count). The molecule has 1 saturated carbocycles. The van der Waals surface area contributed by atoms with Crippen LogP contribution in [-0.2, 0) is 23.9 Å². The fraction of sp³-hybridized carbons (Fsp3) is 0.708. The lowest BCUT2D eigenvalue weighted by Crippen LogP contribution is -2.57. The first kappa shape index (κ1) is 23.4. The monoisotopic (exact) mass is 404 g/mol. The van der Waals surface area contributed by atoms with E-state index in [4.69, 9.17) is 9.47 Å². The average molecular weight is 405 g/mol. The molecule has 0 saturated heterocycles. The van der Waals surface area contributed by atoms with Crippen LogP contribution in [0.2, 0.25) is 0 Å². The molecule has 0 bridgehead atoms. The Morgan fingerprint density at radius 2 is 1.93 bits per heavy atom. The zero-order valence-corrected chi connectivity index (χ0v) is 19.0. The highest BCUT2D eigenvalue weighted by Crippen LogP contribution is 2.62. The number of ketones is 1. The van der Waals surface area contributed by atoms with Gasteiger partial charge in [0, 0.05) is 20.3 Å². The lowest BCUT2D eigenvalue weighted by molar-refractivity contribution is -0.174. The summed E-state index contributed by atoms with van der Waals surface area (Å²) >= 11 is 0. The summed E-state index contributed by atoms with van der Waals surface area (Å²) in [4.78, 5) is 35.8. The van der Waals surface area contributed by atoms with E-state index in [0.717, 1.165) is 12.0 Å². The normalized spacial score (nSPS) is 36.3. The van der Waals surface area contributed by atoms with E-state index >= 15 is 0 Å². The van der Waals surface area contributed by atoms with E-state index in [1.807, 2.05) is 13.8 Å². The quantitative estimate of drug-likeness (QED) is 0.470. The molecule has 0 aromatic rings. The van der Waals surface area contributed by atoms with Crippen LogP contribution in [0.5, 0.6) is 0 Å². The van der Waals surface area contributed by atoms with Crippen molar-refractivity contribution in [1.82, 2.24) is 0 Å². The van der Waals surface area contributed by atoms with Crippen molar-refractivity contribution in [3.63, 3.8) is 0 Å². The number of carbonyl (C=O) groups excluding carboxylic acids is 3. The SMILES string of the molecule is C=C[C@](C)(CC[C@@]1(C)[C@H](C)[C@H](OC(C)=O)C[C@@]2(C)C(C)=CC(=O)C[C@H]12)OC(C)=O. The van der Waals surface area contributed by atoms with Gasteiger partial charge in [-0.05, 0) is 67.9 Å². The molecule has 162 valence electrons. The second kappa shape index (κ2) is 8.08. The Balaban J connectivity index is 2.45. The summed E-state index contributed by atoms with van der Waals surface area (Å²) in [7, 11) is 0. The minimum atomic E-state index is -0.775. The third-order valence-electron chi connectivity index (χ3n) is 7.76. The van der Waals surface area contributed by atoms with Crippen molar-refractivity contribution >= 4 is 17.7 Å². The van der Waals surface area contributed by atoms with Gasteiger partial charge in [0.05, 0.1) is 0 Å². The Morgan fingerprint density at radius 1 is 1.31 bits per heavy atom. The summed E-state index contributed by atoms with van der Waals surface area (Å²) in [5, 5.41) is 0. The molecule has 0 radical (unpaired) electrons. The van der Waals surface area contributed by atoms with Crippen LogP contribution in [0, 0.1) is 22.7 Å². The zero-order chi connectivity index (χ0) is 22.2. The van der Waals surface area contributed by atoms with E-state index in [0.29, 0.717) is 19.3 Å². The van der Waals surface area contributed by atoms with Gasteiger partial charge in [-0.25, -0.2) is 0 Å². The number of hydrogen-bond donors (Lipinski definition) is 0. The van der Waals surface area contributed by atoms with Gasteiger partial charge in [-0.15, -0.1) is 0 Å². The third-order valence-corrected chi connectivity index (χ3v) is 7.76. The molecule has 6 atom stereocenters. The van der Waals surface area contributed by atoms with E-state index in [9.17, 15) is 14.4 Å². The predicted molar refractivity (Wildman–Crippen MR) is 112 cm³/mol. The molecular formula is C24H36O5. The van der Waals surface area contributed by atoms with Gasteiger partial charge in [0.15, 0.2) is 5.78 Å². The number of rotatable bonds is 6. The molecule has 0 aromatic heterocycles. The lowest BCUT2D eigenvalue weighted by Gasteiger charge is -2.59. The molecule has 0 aliphatic heterocycles. The summed E-state index contributed by atoms with van der Waals surface area (Å²) in [5.74, 6) is -0.282. The summed E-state index contributed by atoms with van der Waals surface area (Å²) in [6.45, 7) is 17.1. The van der Waals surface area contributed by atoms with Crippen LogP contribution in [0.4, 0.5) is 0 Å². The Hall–Kier alpha value is -1.91. The fourth-order valence-corrected chi connectivity index (χ4v) is 5.57. The standard InChI is InChI=1S/C24H36O5/c1-9-22(6,29-18(5)26)10-11-23(7)16(3)20(28-17(4)25)14-24(8)15(2)12-19(27)13-21(23)24/h9,12,16,20-21H,1,10-11,13-14H2,2-8H3/t16-,20-,21-,22-,23+,24+/m1/s1. The van der Waals surface area contributed by atoms with Crippen LogP contribution in [0.15, 0.2) is 24.3 Å². The number of hydrogen-bond acceptors (Lipinski definition) is 5. The number of carbonyl (C=O) groups is 3. The molecule has 1 fully saturated rings. The van der Waals surface area contributed by atoms with Gasteiger partial charge in [0.25, 0.3) is 0 Å². The van der Waals surface area contributed by atoms with Crippen molar-refractivity contribution < 1.29 is 23.9 Å². The van der Waals surface area contributed by atoms with Crippen LogP contribution in [0.1, 0.15) is 74.1 Å². The predicted octanol–water partition coefficient (Wildman–Crippen LogP) is 4.79. The molecule has 29 heavy (non-hydrogen) atoms. The number of allylic oxidation sites excluding steroid dienone is 2. The van der Waals surface area contributed by atoms with E-state index < -0.39 is 5.60 Å². The summed E-state index contributed by atoms with van der Waals surface area (Å²) in [6.07, 6.45) is 5.72. The van der Waals surface area contributed by atoms with Crippen molar-refractivity contribution in [2.75, 3.05) is 0 Å². The molecule has 0 spiro atoms. The maximum Gasteiger partial charge on any atom is 0.303 e. The van der Waals surface area contributed by atoms with E-state index in [1.165, 1.54) is 13.8 Å². The number of fused-ring (bicyclic) bond motifs is 1. The Kier molecular flexibility index (Phi) is 6.51. The van der Waals surface area contributed by atoms with Crippen molar-refractivity contribution in [1.29, 1.82) is 0 Å². The molecule has 5 heteroatoms. The van der Waals surface area contributed by atoms with Crippen LogP contribution in [0.3, 0.4) is 0 Å². The first-order valence-corrected chi connectivity index (χ1v) is 10.5. The minimum Gasteiger partial charge on any atom is -0.462 e. The van der Waals surface area contributed by atoms with Crippen molar-refractivity contribution in [2.45, 2.75) is 85.9 Å². The molecular weight excluding hydrogens is 368 g/mol. The highest BCUT2D eigenvalue weighted by Gasteiger charge is 2.58. The molecule has 0 aromatic carbocycles. The van der Waals surface area contributed by atoms with Gasteiger partial charge in [-0.1, -0.05) is 32.9 Å². The van der Waals surface area contributed by atoms with E-state index in [-0.39, 0.29) is 46.5 Å². The van der Waals surface area contributed by atoms with Gasteiger partial charge >= 0.3 is 11.9 Å². The summed E-state index contributed by atoms with van der Waals surface area (Å²) < 4.78 is 11.3. The highest BCUT2D eigenvalue weighted by atomic mass is 16.6. The van der Waals surface area contributed by atoms with Gasteiger partial charge in [0.2, 0.25) is 0 Å². The van der Waals surface area contributed by atoms with Gasteiger partial charge in [0.1, 0.15) is 11.7 Å². The topological polar surface area (TPSA) is 69.7 Å². The maximum absolute atomic E-state index is 12.5. The van der Waals surface area contributed by atoms with Crippen molar-refractivity contribution in [3.05, 3.63) is 24.3 Å². The Bertz CT molecular complexity index is 738. The first-order valence-electron chi connectivity index (χ1n) is 10.5. The number of esters is 2. The van der Waals surface area contributed by atoms with Crippen LogP contribution in [-0.4, -0.2) is 29.4 Å². The second-order valence-corrected chi connectivity index (χ2v) is 9.72. The van der Waals surface area contributed by atoms with Crippen LogP contribution < -0.4 is 0 Å². The molecule has 2 aliphatic carbocycles. The fourth-order valence-electron chi connectivity index (χ4n) is 5.57. The molecule has 0 amide bonds. The smallest absolute Gasteiger partial charge is 0.303 e. The zero-order valence-electron chi connectivity index (χ0n) is 19.0. The lowest BCUT2D eigenvalue weighted by atomic mass is 9.46. The molecule has 0 heterocycles. The van der Waals surface area contributed by atoms with E-state index in [1.54, 1.807) is 12.2 Å². The van der Waals surface area contributed by atoms with Crippen LogP contribution in [0.25, 0.3) is 0 Å². The van der Waals surface area contributed by atoms with Gasteiger partial charge in [-0.2, -0.15) is 0 Å². The average Bonchev–Trinajstić information content (AvgIpc) is 2.60. The molecule has 0 unspecified atom stereocenters. The summed E-state index contributed by atoms with van der Waals surface area (Å²) in [5.41, 5.74) is -0.215. The minimum absolute atomic E-state index is 0.0644. The Morgan fingerprint density at radius 3 is 2.45 bits per heavy atom. The van der Waals surface area contributed by atoms with Gasteiger partial charge < -0.3 is 9.47 Å². The highest BCUT2D eigenvalue weighted by molar-refractivity contribution is 5.92. The van der Waals surface area contributed by atoms with Crippen molar-refractivity contribution in [2.24, 2.45) is 22.7 Å². The van der Waals surface area contributed by atoms with Crippen LogP contribution >= 0.6 is 0 Å². The van der Waals surface area contributed by atoms with Crippen molar-refractivity contribution in [3.8, 4) is 0 Å². The molecule has 2 aliphatic rings. The van der Waals surface area contributed by atoms with Gasteiger partial charge in [-0.3, -0.25) is 14.4 Å². The molecule has 5 nitrogen and oxygen atoms in total. The summed E-state index contributed by atoms with van der Waals surface area (Å²) in [6, 6.07) is 0. The van der Waals surface area contributed by atoms with E-state index in [2.05, 4.69) is 27.4 Å². The maximum atomic E-state index is 12.5. The Labute approximate surface area is 174 Å². The largest absolute Gasteiger partial charge is 0.462 e. The third kappa shape index (κ3) is 4.49.